The lowest BCUT2D eigenvalue weighted by molar-refractivity contribution is 0.100. The fourth-order valence-corrected chi connectivity index (χ4v) is 2.49. The first-order valence-corrected chi connectivity index (χ1v) is 6.54. The van der Waals surface area contributed by atoms with Gasteiger partial charge in [-0.2, -0.15) is 5.10 Å². The van der Waals surface area contributed by atoms with Crippen molar-refractivity contribution in [2.75, 3.05) is 5.32 Å². The second-order valence-electron chi connectivity index (χ2n) is 4.92. The van der Waals surface area contributed by atoms with E-state index in [0.717, 1.165) is 36.7 Å². The maximum Gasteiger partial charge on any atom is 0.252 e. The fraction of sp³-hybridized carbons (Fsp3) is 0.385. The van der Waals surface area contributed by atoms with Gasteiger partial charge in [0.15, 0.2) is 0 Å². The Morgan fingerprint density at radius 3 is 3.20 bits per heavy atom. The number of nitrogens with one attached hydrogen (secondary N) is 1. The van der Waals surface area contributed by atoms with E-state index in [4.69, 9.17) is 5.73 Å². The number of carbonyl (C=O) groups excluding carboxylic acids is 1. The average molecular weight is 272 g/mol. The summed E-state index contributed by atoms with van der Waals surface area (Å²) in [5, 5.41) is 7.71. The summed E-state index contributed by atoms with van der Waals surface area (Å²) < 4.78 is 1.92. The predicted octanol–water partition coefficient (Wildman–Crippen LogP) is 0.507. The minimum Gasteiger partial charge on any atom is -0.380 e. The van der Waals surface area contributed by atoms with E-state index >= 15 is 0 Å². The SMILES string of the molecule is Cc1nc2n(n1)CC(Nc1ccncc1C(N)=O)CC2. The second kappa shape index (κ2) is 4.92. The molecule has 3 rings (SSSR count). The maximum atomic E-state index is 11.4. The van der Waals surface area contributed by atoms with Gasteiger partial charge in [0.05, 0.1) is 17.8 Å². The lowest BCUT2D eigenvalue weighted by atomic mass is 10.1. The molecule has 20 heavy (non-hydrogen) atoms. The monoisotopic (exact) mass is 272 g/mol. The molecule has 7 heteroatoms. The summed E-state index contributed by atoms with van der Waals surface area (Å²) in [6, 6.07) is 1.96. The number of hydrogen-bond acceptors (Lipinski definition) is 5. The van der Waals surface area contributed by atoms with E-state index in [2.05, 4.69) is 20.4 Å². The molecule has 7 nitrogen and oxygen atoms in total. The highest BCUT2D eigenvalue weighted by Gasteiger charge is 2.21. The Kier molecular flexibility index (Phi) is 3.09. The number of pyridine rings is 1. The second-order valence-corrected chi connectivity index (χ2v) is 4.92. The largest absolute Gasteiger partial charge is 0.380 e. The highest BCUT2D eigenvalue weighted by Crippen LogP contribution is 2.19. The van der Waals surface area contributed by atoms with Crippen molar-refractivity contribution < 1.29 is 4.79 Å². The van der Waals surface area contributed by atoms with Gasteiger partial charge in [0.1, 0.15) is 11.6 Å². The average Bonchev–Trinajstić information content (AvgIpc) is 2.78. The molecule has 1 amide bonds. The number of rotatable bonds is 3. The molecule has 0 saturated heterocycles. The Hall–Kier alpha value is -2.44. The maximum absolute atomic E-state index is 11.4. The van der Waals surface area contributed by atoms with Crippen LogP contribution in [-0.2, 0) is 13.0 Å². The summed E-state index contributed by atoms with van der Waals surface area (Å²) in [6.07, 6.45) is 4.94. The van der Waals surface area contributed by atoms with Gasteiger partial charge in [0.25, 0.3) is 5.91 Å². The zero-order chi connectivity index (χ0) is 14.1. The van der Waals surface area contributed by atoms with Gasteiger partial charge in [-0.15, -0.1) is 0 Å². The Morgan fingerprint density at radius 2 is 2.40 bits per heavy atom. The third-order valence-electron chi connectivity index (χ3n) is 3.41. The van der Waals surface area contributed by atoms with Crippen molar-refractivity contribution >= 4 is 11.6 Å². The van der Waals surface area contributed by atoms with E-state index in [1.54, 1.807) is 12.3 Å². The molecule has 0 aromatic carbocycles. The normalized spacial score (nSPS) is 17.6. The van der Waals surface area contributed by atoms with Crippen LogP contribution in [0.25, 0.3) is 0 Å². The van der Waals surface area contributed by atoms with E-state index in [1.165, 1.54) is 6.20 Å². The minimum atomic E-state index is -0.478. The Balaban J connectivity index is 1.78. The molecule has 0 bridgehead atoms. The molecule has 3 heterocycles. The third-order valence-corrected chi connectivity index (χ3v) is 3.41. The number of primary amides is 1. The van der Waals surface area contributed by atoms with Crippen molar-refractivity contribution in [3.8, 4) is 0 Å². The molecule has 3 N–H and O–H groups in total. The smallest absolute Gasteiger partial charge is 0.252 e. The molecule has 2 aromatic rings. The summed E-state index contributed by atoms with van der Waals surface area (Å²) >= 11 is 0. The third kappa shape index (κ3) is 2.34. The van der Waals surface area contributed by atoms with Crippen molar-refractivity contribution in [1.29, 1.82) is 0 Å². The van der Waals surface area contributed by atoms with Crippen LogP contribution in [0.2, 0.25) is 0 Å². The molecular weight excluding hydrogens is 256 g/mol. The zero-order valence-electron chi connectivity index (χ0n) is 11.2. The Labute approximate surface area is 116 Å². The number of nitrogens with zero attached hydrogens (tertiary/aromatic N) is 4. The number of hydrogen-bond donors (Lipinski definition) is 2. The van der Waals surface area contributed by atoms with Gasteiger partial charge in [0.2, 0.25) is 0 Å². The summed E-state index contributed by atoms with van der Waals surface area (Å²) in [5.74, 6) is 1.33. The number of aryl methyl sites for hydroxylation is 2. The first-order valence-electron chi connectivity index (χ1n) is 6.54. The number of nitrogens with two attached hydrogens (primary N) is 1. The van der Waals surface area contributed by atoms with Crippen LogP contribution in [0.5, 0.6) is 0 Å². The van der Waals surface area contributed by atoms with Gasteiger partial charge < -0.3 is 11.1 Å². The van der Waals surface area contributed by atoms with Crippen molar-refractivity contribution in [3.05, 3.63) is 35.7 Å². The van der Waals surface area contributed by atoms with Crippen molar-refractivity contribution in [3.63, 3.8) is 0 Å². The van der Waals surface area contributed by atoms with E-state index < -0.39 is 5.91 Å². The van der Waals surface area contributed by atoms with Gasteiger partial charge >= 0.3 is 0 Å². The van der Waals surface area contributed by atoms with Gasteiger partial charge in [-0.25, -0.2) is 9.67 Å². The Morgan fingerprint density at radius 1 is 1.55 bits per heavy atom. The summed E-state index contributed by atoms with van der Waals surface area (Å²) in [7, 11) is 0. The van der Waals surface area contributed by atoms with Gasteiger partial charge in [-0.1, -0.05) is 0 Å². The molecule has 0 spiro atoms. The van der Waals surface area contributed by atoms with E-state index in [9.17, 15) is 4.79 Å². The molecule has 0 saturated carbocycles. The zero-order valence-corrected chi connectivity index (χ0v) is 11.2. The Bertz CT molecular complexity index is 650. The molecule has 2 aromatic heterocycles. The van der Waals surface area contributed by atoms with Gasteiger partial charge in [0, 0.05) is 24.9 Å². The van der Waals surface area contributed by atoms with Crippen LogP contribution in [0, 0.1) is 6.92 Å². The highest BCUT2D eigenvalue weighted by molar-refractivity contribution is 5.98. The van der Waals surface area contributed by atoms with Crippen molar-refractivity contribution in [2.45, 2.75) is 32.4 Å². The van der Waals surface area contributed by atoms with E-state index in [-0.39, 0.29) is 6.04 Å². The molecular formula is C13H16N6O. The van der Waals surface area contributed by atoms with Crippen LogP contribution in [0.3, 0.4) is 0 Å². The first kappa shape index (κ1) is 12.6. The quantitative estimate of drug-likeness (QED) is 0.848. The van der Waals surface area contributed by atoms with Crippen LogP contribution >= 0.6 is 0 Å². The number of fused-ring (bicyclic) bond motifs is 1. The molecule has 1 atom stereocenters. The molecule has 0 aliphatic carbocycles. The van der Waals surface area contributed by atoms with E-state index in [0.29, 0.717) is 5.56 Å². The summed E-state index contributed by atoms with van der Waals surface area (Å²) in [5.41, 5.74) is 6.48. The molecule has 0 radical (unpaired) electrons. The molecule has 1 unspecified atom stereocenters. The van der Waals surface area contributed by atoms with Crippen LogP contribution in [-0.4, -0.2) is 31.7 Å². The molecule has 104 valence electrons. The number of aromatic nitrogens is 4. The van der Waals surface area contributed by atoms with Crippen LogP contribution in [0.15, 0.2) is 18.5 Å². The molecule has 0 fully saturated rings. The first-order chi connectivity index (χ1) is 9.63. The minimum absolute atomic E-state index is 0.198. The topological polar surface area (TPSA) is 98.7 Å². The van der Waals surface area contributed by atoms with Gasteiger partial charge in [-0.05, 0) is 19.4 Å². The summed E-state index contributed by atoms with van der Waals surface area (Å²) in [6.45, 7) is 2.62. The number of anilines is 1. The van der Waals surface area contributed by atoms with Crippen molar-refractivity contribution in [2.24, 2.45) is 5.73 Å². The number of carbonyl (C=O) groups is 1. The molecule has 1 aliphatic rings. The standard InChI is InChI=1S/C13H16N6O/c1-8-16-12-3-2-9(7-19(12)18-8)17-11-4-5-15-6-10(11)13(14)20/h4-6,9H,2-3,7H2,1H3,(H2,14,20)(H,15,17). The lowest BCUT2D eigenvalue weighted by Gasteiger charge is -2.25. The highest BCUT2D eigenvalue weighted by atomic mass is 16.1. The fourth-order valence-electron chi connectivity index (χ4n) is 2.49. The summed E-state index contributed by atoms with van der Waals surface area (Å²) in [4.78, 5) is 19.7. The van der Waals surface area contributed by atoms with Crippen LogP contribution in [0.4, 0.5) is 5.69 Å². The number of amides is 1. The van der Waals surface area contributed by atoms with Crippen LogP contribution in [0.1, 0.15) is 28.4 Å². The van der Waals surface area contributed by atoms with Gasteiger partial charge in [-0.3, -0.25) is 9.78 Å². The van der Waals surface area contributed by atoms with Crippen LogP contribution < -0.4 is 11.1 Å². The van der Waals surface area contributed by atoms with Crippen molar-refractivity contribution in [1.82, 2.24) is 19.7 Å². The predicted molar refractivity (Wildman–Crippen MR) is 73.2 cm³/mol. The molecule has 1 aliphatic heterocycles. The van der Waals surface area contributed by atoms with E-state index in [1.807, 2.05) is 11.6 Å². The lowest BCUT2D eigenvalue weighted by Crippen LogP contribution is -2.32.